The molecule has 1 heterocycles. The summed E-state index contributed by atoms with van der Waals surface area (Å²) in [5, 5.41) is 13.3. The van der Waals surface area contributed by atoms with Gasteiger partial charge in [0.25, 0.3) is 5.91 Å². The summed E-state index contributed by atoms with van der Waals surface area (Å²) in [6.45, 7) is -0.470. The van der Waals surface area contributed by atoms with Gasteiger partial charge in [0.2, 0.25) is 0 Å². The molecule has 0 saturated heterocycles. The molecule has 0 spiro atoms. The Bertz CT molecular complexity index is 1120. The van der Waals surface area contributed by atoms with E-state index in [0.29, 0.717) is 16.1 Å². The van der Waals surface area contributed by atoms with E-state index < -0.39 is 18.5 Å². The summed E-state index contributed by atoms with van der Waals surface area (Å²) in [6.07, 6.45) is 1.60. The number of nitrogens with one attached hydrogen (secondary N) is 1. The molecule has 2 aromatic carbocycles. The van der Waals surface area contributed by atoms with Gasteiger partial charge in [-0.25, -0.2) is 9.18 Å². The fourth-order valence-corrected chi connectivity index (χ4v) is 3.99. The van der Waals surface area contributed by atoms with Crippen LogP contribution in [0.3, 0.4) is 0 Å². The molecule has 0 radical (unpaired) electrons. The molecule has 0 saturated carbocycles. The average molecular weight is 453 g/mol. The topological polar surface area (TPSA) is 79.2 Å². The molecule has 0 bridgehead atoms. The molecule has 3 rings (SSSR count). The number of hydrogen-bond donors (Lipinski definition) is 1. The van der Waals surface area contributed by atoms with Crippen molar-refractivity contribution < 1.29 is 18.7 Å². The van der Waals surface area contributed by atoms with Crippen LogP contribution in [0.2, 0.25) is 0 Å². The summed E-state index contributed by atoms with van der Waals surface area (Å²) in [6, 6.07) is 18.4. The Morgan fingerprint density at radius 3 is 2.61 bits per heavy atom. The molecule has 5 nitrogen and oxygen atoms in total. The van der Waals surface area contributed by atoms with Crippen LogP contribution in [0, 0.1) is 17.1 Å². The first-order valence-corrected chi connectivity index (χ1v) is 11.0. The second-order valence-electron chi connectivity index (χ2n) is 6.15. The molecule has 1 amide bonds. The Balaban J connectivity index is 1.68. The maximum absolute atomic E-state index is 13.2. The number of esters is 1. The number of amides is 1. The van der Waals surface area contributed by atoms with Crippen LogP contribution in [0.5, 0.6) is 0 Å². The van der Waals surface area contributed by atoms with E-state index in [-0.39, 0.29) is 17.1 Å². The minimum atomic E-state index is -0.658. The Morgan fingerprint density at radius 1 is 1.13 bits per heavy atom. The lowest BCUT2D eigenvalue weighted by molar-refractivity contribution is -0.141. The molecule has 0 fully saturated rings. The van der Waals surface area contributed by atoms with Gasteiger partial charge >= 0.3 is 5.97 Å². The average Bonchev–Trinajstić information content (AvgIpc) is 3.31. The highest BCUT2D eigenvalue weighted by Crippen LogP contribution is 2.27. The summed E-state index contributed by atoms with van der Waals surface area (Å²) < 4.78 is 18.4. The molecule has 0 aliphatic carbocycles. The minimum absolute atomic E-state index is 0.250. The van der Waals surface area contributed by atoms with Gasteiger partial charge in [-0.15, -0.1) is 23.1 Å². The van der Waals surface area contributed by atoms with Crippen molar-refractivity contribution in [3.05, 3.63) is 82.3 Å². The number of benzene rings is 2. The van der Waals surface area contributed by atoms with Crippen molar-refractivity contribution in [2.75, 3.05) is 17.7 Å². The second kappa shape index (κ2) is 11.1. The molecule has 0 atom stereocenters. The lowest BCUT2D eigenvalue weighted by Gasteiger charge is -2.11. The first kappa shape index (κ1) is 22.3. The fraction of sp³-hybridized carbons (Fsp3) is 0.0870. The van der Waals surface area contributed by atoms with Crippen LogP contribution in [0.15, 0.2) is 70.9 Å². The van der Waals surface area contributed by atoms with E-state index in [9.17, 15) is 14.0 Å². The molecule has 1 aromatic heterocycles. The van der Waals surface area contributed by atoms with E-state index in [1.165, 1.54) is 35.2 Å². The van der Waals surface area contributed by atoms with E-state index in [0.717, 1.165) is 4.90 Å². The summed E-state index contributed by atoms with van der Waals surface area (Å²) >= 11 is 2.66. The normalized spacial score (nSPS) is 10.9. The fourth-order valence-electron chi connectivity index (χ4n) is 2.59. The maximum atomic E-state index is 13.2. The molecule has 0 aliphatic heterocycles. The Kier molecular flexibility index (Phi) is 7.98. The van der Waals surface area contributed by atoms with Gasteiger partial charge in [-0.3, -0.25) is 4.79 Å². The highest BCUT2D eigenvalue weighted by atomic mass is 32.2. The molecular formula is C23H17FN2O3S2. The van der Waals surface area contributed by atoms with Gasteiger partial charge < -0.3 is 10.1 Å². The number of ether oxygens (including phenoxy) is 1. The van der Waals surface area contributed by atoms with Crippen molar-refractivity contribution in [1.82, 2.24) is 0 Å². The number of thiophene rings is 1. The third kappa shape index (κ3) is 6.54. The lowest BCUT2D eigenvalue weighted by Crippen LogP contribution is -2.21. The first-order chi connectivity index (χ1) is 15.1. The molecule has 8 heteroatoms. The van der Waals surface area contributed by atoms with Crippen LogP contribution in [0.1, 0.15) is 10.4 Å². The van der Waals surface area contributed by atoms with Crippen LogP contribution in [-0.4, -0.2) is 24.2 Å². The number of nitrogens with zero attached hydrogens (tertiary/aromatic N) is 1. The Morgan fingerprint density at radius 2 is 1.90 bits per heavy atom. The van der Waals surface area contributed by atoms with E-state index in [2.05, 4.69) is 5.32 Å². The van der Waals surface area contributed by atoms with Gasteiger partial charge in [-0.05, 0) is 47.4 Å². The Hall–Kier alpha value is -3.41. The number of hydrogen-bond acceptors (Lipinski definition) is 6. The van der Waals surface area contributed by atoms with Gasteiger partial charge in [-0.2, -0.15) is 5.26 Å². The Labute approximate surface area is 187 Å². The maximum Gasteiger partial charge on any atom is 0.340 e. The third-order valence-corrected chi connectivity index (χ3v) is 5.82. The number of thioether (sulfide) groups is 1. The van der Waals surface area contributed by atoms with Crippen molar-refractivity contribution in [3.63, 3.8) is 0 Å². The minimum Gasteiger partial charge on any atom is -0.452 e. The van der Waals surface area contributed by atoms with Crippen molar-refractivity contribution >= 4 is 52.3 Å². The number of carbonyl (C=O) groups is 2. The first-order valence-electron chi connectivity index (χ1n) is 9.13. The number of rotatable bonds is 8. The van der Waals surface area contributed by atoms with Gasteiger partial charge in [0.15, 0.2) is 6.61 Å². The zero-order chi connectivity index (χ0) is 22.1. The van der Waals surface area contributed by atoms with E-state index in [4.69, 9.17) is 10.00 Å². The molecule has 1 N–H and O–H groups in total. The zero-order valence-corrected chi connectivity index (χ0v) is 17.8. The summed E-state index contributed by atoms with van der Waals surface area (Å²) in [5.74, 6) is -1.28. The number of anilines is 1. The smallest absolute Gasteiger partial charge is 0.340 e. The quantitative estimate of drug-likeness (QED) is 0.288. The highest BCUT2D eigenvalue weighted by molar-refractivity contribution is 7.99. The van der Waals surface area contributed by atoms with Gasteiger partial charge in [0, 0.05) is 9.77 Å². The van der Waals surface area contributed by atoms with Crippen LogP contribution in [-0.2, 0) is 14.3 Å². The summed E-state index contributed by atoms with van der Waals surface area (Å²) in [5.41, 5.74) is 1.46. The van der Waals surface area contributed by atoms with Crippen LogP contribution >= 0.6 is 23.1 Å². The van der Waals surface area contributed by atoms with Crippen LogP contribution < -0.4 is 5.32 Å². The van der Waals surface area contributed by atoms with E-state index in [1.54, 1.807) is 48.5 Å². The van der Waals surface area contributed by atoms with Crippen molar-refractivity contribution in [2.24, 2.45) is 0 Å². The van der Waals surface area contributed by atoms with Gasteiger partial charge in [-0.1, -0.05) is 30.3 Å². The molecule has 3 aromatic rings. The van der Waals surface area contributed by atoms with E-state index >= 15 is 0 Å². The zero-order valence-electron chi connectivity index (χ0n) is 16.2. The summed E-state index contributed by atoms with van der Waals surface area (Å²) in [7, 11) is 0. The molecular weight excluding hydrogens is 435 g/mol. The van der Waals surface area contributed by atoms with Gasteiger partial charge in [0.1, 0.15) is 5.82 Å². The van der Waals surface area contributed by atoms with Crippen LogP contribution in [0.4, 0.5) is 10.1 Å². The molecule has 156 valence electrons. The van der Waals surface area contributed by atoms with Gasteiger partial charge in [0.05, 0.1) is 23.1 Å². The predicted octanol–water partition coefficient (Wildman–Crippen LogP) is 5.23. The monoisotopic (exact) mass is 452 g/mol. The number of carbonyl (C=O) groups excluding carboxylic acids is 2. The SMILES string of the molecule is N#CCSc1ccccc1NC(=O)COC(=O)C(=Cc1ccc(F)cc1)c1cccs1. The van der Waals surface area contributed by atoms with Crippen molar-refractivity contribution in [1.29, 1.82) is 5.26 Å². The number of para-hydroxylation sites is 1. The summed E-state index contributed by atoms with van der Waals surface area (Å²) in [4.78, 5) is 26.5. The number of nitriles is 1. The standard InChI is InChI=1S/C23H17FN2O3S2/c24-17-9-7-16(8-10-17)14-18(20-6-3-12-30-20)23(28)29-15-22(27)26-19-4-1-2-5-21(19)31-13-11-25/h1-10,12,14H,13,15H2,(H,26,27). The second-order valence-corrected chi connectivity index (χ2v) is 8.12. The van der Waals surface area contributed by atoms with E-state index in [1.807, 2.05) is 17.5 Å². The predicted molar refractivity (Wildman–Crippen MR) is 121 cm³/mol. The van der Waals surface area contributed by atoms with Crippen LogP contribution in [0.25, 0.3) is 11.6 Å². The molecule has 0 aliphatic rings. The highest BCUT2D eigenvalue weighted by Gasteiger charge is 2.17. The molecule has 0 unspecified atom stereocenters. The van der Waals surface area contributed by atoms with Crippen molar-refractivity contribution in [2.45, 2.75) is 4.90 Å². The molecule has 31 heavy (non-hydrogen) atoms. The number of halogens is 1. The third-order valence-electron chi connectivity index (χ3n) is 3.98. The van der Waals surface area contributed by atoms with Crippen molar-refractivity contribution in [3.8, 4) is 6.07 Å². The lowest BCUT2D eigenvalue weighted by atomic mass is 10.1. The largest absolute Gasteiger partial charge is 0.452 e.